The zero-order valence-corrected chi connectivity index (χ0v) is 16.8. The fraction of sp³-hybridized carbons (Fsp3) is 0.350. The van der Waals surface area contributed by atoms with Crippen molar-refractivity contribution in [3.63, 3.8) is 0 Å². The van der Waals surface area contributed by atoms with E-state index in [-0.39, 0.29) is 24.7 Å². The second-order valence-corrected chi connectivity index (χ2v) is 8.08. The van der Waals surface area contributed by atoms with E-state index in [2.05, 4.69) is 20.3 Å². The first-order valence-electron chi connectivity index (χ1n) is 9.27. The van der Waals surface area contributed by atoms with Gasteiger partial charge in [0.15, 0.2) is 5.96 Å². The second-order valence-electron chi connectivity index (χ2n) is 6.15. The molecule has 2 rings (SSSR count). The third-order valence-electron chi connectivity index (χ3n) is 3.96. The summed E-state index contributed by atoms with van der Waals surface area (Å²) in [7, 11) is -3.42. The van der Waals surface area contributed by atoms with Crippen LogP contribution in [0.15, 0.2) is 59.6 Å². The number of rotatable bonds is 10. The quantitative estimate of drug-likeness (QED) is 0.417. The Kier molecular flexibility index (Phi) is 8.90. The molecule has 0 saturated carbocycles. The average Bonchev–Trinajstić information content (AvgIpc) is 2.69. The summed E-state index contributed by atoms with van der Waals surface area (Å²) in [5, 5.41) is 6.15. The molecule has 0 saturated heterocycles. The smallest absolute Gasteiger partial charge is 0.213 e. The Balaban J connectivity index is 1.79. The molecule has 6 nitrogen and oxygen atoms in total. The third-order valence-corrected chi connectivity index (χ3v) is 5.26. The van der Waals surface area contributed by atoms with E-state index >= 15 is 0 Å². The van der Waals surface area contributed by atoms with Gasteiger partial charge in [-0.05, 0) is 30.5 Å². The van der Waals surface area contributed by atoms with Crippen molar-refractivity contribution < 1.29 is 12.8 Å². The molecular formula is C20H27FN4O2S. The van der Waals surface area contributed by atoms with Crippen LogP contribution >= 0.6 is 0 Å². The van der Waals surface area contributed by atoms with Gasteiger partial charge in [0.1, 0.15) is 5.82 Å². The number of nitrogens with zero attached hydrogens (tertiary/aromatic N) is 1. The zero-order chi connectivity index (χ0) is 20.2. The lowest BCUT2D eigenvalue weighted by atomic mass is 10.1. The van der Waals surface area contributed by atoms with Crippen LogP contribution in [0.4, 0.5) is 4.39 Å². The van der Waals surface area contributed by atoms with Crippen molar-refractivity contribution in [2.75, 3.05) is 25.4 Å². The van der Waals surface area contributed by atoms with Crippen molar-refractivity contribution in [2.45, 2.75) is 19.9 Å². The first-order valence-corrected chi connectivity index (χ1v) is 10.9. The molecule has 0 atom stereocenters. The minimum atomic E-state index is -3.42. The molecule has 2 aromatic rings. The van der Waals surface area contributed by atoms with Crippen LogP contribution < -0.4 is 15.4 Å². The molecule has 152 valence electrons. The number of aliphatic imine (C=N–C) groups is 1. The Morgan fingerprint density at radius 3 is 2.46 bits per heavy atom. The number of sulfonamides is 1. The molecule has 0 radical (unpaired) electrons. The highest BCUT2D eigenvalue weighted by Crippen LogP contribution is 2.06. The first kappa shape index (κ1) is 21.8. The highest BCUT2D eigenvalue weighted by Gasteiger charge is 2.09. The predicted molar refractivity (Wildman–Crippen MR) is 111 cm³/mol. The van der Waals surface area contributed by atoms with Crippen LogP contribution in [-0.4, -0.2) is 39.8 Å². The minimum absolute atomic E-state index is 0.107. The van der Waals surface area contributed by atoms with Gasteiger partial charge in [-0.1, -0.05) is 48.5 Å². The topological polar surface area (TPSA) is 82.6 Å². The van der Waals surface area contributed by atoms with Gasteiger partial charge in [0, 0.05) is 19.6 Å². The molecule has 0 unspecified atom stereocenters. The highest BCUT2D eigenvalue weighted by molar-refractivity contribution is 7.89. The molecule has 0 bridgehead atoms. The number of hydrogen-bond acceptors (Lipinski definition) is 3. The Morgan fingerprint density at radius 2 is 1.75 bits per heavy atom. The Labute approximate surface area is 166 Å². The first-order chi connectivity index (χ1) is 13.5. The van der Waals surface area contributed by atoms with E-state index in [0.717, 1.165) is 5.56 Å². The fourth-order valence-electron chi connectivity index (χ4n) is 2.50. The summed E-state index contributed by atoms with van der Waals surface area (Å²) in [6.45, 7) is 3.44. The molecule has 0 aliphatic heterocycles. The number of nitrogens with one attached hydrogen (secondary N) is 3. The molecule has 0 aliphatic carbocycles. The van der Waals surface area contributed by atoms with Crippen molar-refractivity contribution in [1.82, 2.24) is 15.4 Å². The molecule has 0 aliphatic rings. The maximum atomic E-state index is 13.6. The van der Waals surface area contributed by atoms with E-state index < -0.39 is 10.0 Å². The monoisotopic (exact) mass is 406 g/mol. The van der Waals surface area contributed by atoms with Crippen molar-refractivity contribution >= 4 is 16.0 Å². The van der Waals surface area contributed by atoms with Crippen molar-refractivity contribution in [2.24, 2.45) is 4.99 Å². The van der Waals surface area contributed by atoms with Gasteiger partial charge in [0.2, 0.25) is 10.0 Å². The van der Waals surface area contributed by atoms with E-state index in [1.807, 2.05) is 37.3 Å². The summed E-state index contributed by atoms with van der Waals surface area (Å²) in [5.41, 5.74) is 1.52. The Morgan fingerprint density at radius 1 is 1.04 bits per heavy atom. The maximum Gasteiger partial charge on any atom is 0.213 e. The standard InChI is InChI=1S/C20H27FN4O2S/c1-2-22-20(23-13-12-18-10-6-7-11-19(18)21)24-14-15-28(26,27)25-16-17-8-4-3-5-9-17/h3-11,25H,2,12-16H2,1H3,(H2,22,23,24). The van der Waals surface area contributed by atoms with Gasteiger partial charge in [0.05, 0.1) is 12.3 Å². The second kappa shape index (κ2) is 11.4. The van der Waals surface area contributed by atoms with Gasteiger partial charge in [-0.2, -0.15) is 0 Å². The number of halogens is 1. The molecule has 8 heteroatoms. The van der Waals surface area contributed by atoms with E-state index in [9.17, 15) is 12.8 Å². The highest BCUT2D eigenvalue weighted by atomic mass is 32.2. The van der Waals surface area contributed by atoms with E-state index in [1.165, 1.54) is 6.07 Å². The van der Waals surface area contributed by atoms with Crippen LogP contribution in [-0.2, 0) is 23.0 Å². The van der Waals surface area contributed by atoms with Gasteiger partial charge in [-0.15, -0.1) is 0 Å². The largest absolute Gasteiger partial charge is 0.357 e. The lowest BCUT2D eigenvalue weighted by Gasteiger charge is -2.12. The Bertz CT molecular complexity index is 858. The van der Waals surface area contributed by atoms with E-state index in [1.54, 1.807) is 18.2 Å². The summed E-state index contributed by atoms with van der Waals surface area (Å²) < 4.78 is 40.5. The molecule has 0 fully saturated rings. The Hall–Kier alpha value is -2.45. The van der Waals surface area contributed by atoms with E-state index in [0.29, 0.717) is 31.0 Å². The lowest BCUT2D eigenvalue weighted by molar-refractivity contribution is 0.581. The summed E-state index contributed by atoms with van der Waals surface area (Å²) in [4.78, 5) is 4.29. The molecule has 28 heavy (non-hydrogen) atoms. The van der Waals surface area contributed by atoms with E-state index in [4.69, 9.17) is 0 Å². The third kappa shape index (κ3) is 8.06. The summed E-state index contributed by atoms with van der Waals surface area (Å²) in [6, 6.07) is 16.0. The van der Waals surface area contributed by atoms with Gasteiger partial charge in [-0.3, -0.25) is 4.99 Å². The van der Waals surface area contributed by atoms with Crippen molar-refractivity contribution in [3.05, 3.63) is 71.5 Å². The normalized spacial score (nSPS) is 12.0. The van der Waals surface area contributed by atoms with Gasteiger partial charge >= 0.3 is 0 Å². The molecular weight excluding hydrogens is 379 g/mol. The SMILES string of the molecule is CCNC(=NCCS(=O)(=O)NCc1ccccc1)NCCc1ccccc1F. The molecule has 0 spiro atoms. The molecule has 2 aromatic carbocycles. The lowest BCUT2D eigenvalue weighted by Crippen LogP contribution is -2.39. The summed E-state index contributed by atoms with van der Waals surface area (Å²) >= 11 is 0. The zero-order valence-electron chi connectivity index (χ0n) is 16.0. The van der Waals surface area contributed by atoms with Crippen molar-refractivity contribution in [1.29, 1.82) is 0 Å². The molecule has 0 heterocycles. The minimum Gasteiger partial charge on any atom is -0.357 e. The van der Waals surface area contributed by atoms with Crippen LogP contribution in [0.25, 0.3) is 0 Å². The van der Waals surface area contributed by atoms with Crippen LogP contribution in [0.3, 0.4) is 0 Å². The fourth-order valence-corrected chi connectivity index (χ4v) is 3.36. The summed E-state index contributed by atoms with van der Waals surface area (Å²) in [6.07, 6.45) is 0.508. The van der Waals surface area contributed by atoms with Gasteiger partial charge in [0.25, 0.3) is 0 Å². The summed E-state index contributed by atoms with van der Waals surface area (Å²) in [5.74, 6) is 0.169. The number of hydrogen-bond donors (Lipinski definition) is 3. The molecule has 3 N–H and O–H groups in total. The van der Waals surface area contributed by atoms with Crippen LogP contribution in [0.1, 0.15) is 18.1 Å². The molecule has 0 aromatic heterocycles. The maximum absolute atomic E-state index is 13.6. The van der Waals surface area contributed by atoms with Crippen LogP contribution in [0.2, 0.25) is 0 Å². The number of benzene rings is 2. The van der Waals surface area contributed by atoms with Gasteiger partial charge in [-0.25, -0.2) is 17.5 Å². The molecule has 0 amide bonds. The van der Waals surface area contributed by atoms with Crippen LogP contribution in [0, 0.1) is 5.82 Å². The average molecular weight is 407 g/mol. The van der Waals surface area contributed by atoms with Crippen molar-refractivity contribution in [3.8, 4) is 0 Å². The van der Waals surface area contributed by atoms with Gasteiger partial charge < -0.3 is 10.6 Å². The number of guanidine groups is 1. The van der Waals surface area contributed by atoms with Crippen LogP contribution in [0.5, 0.6) is 0 Å². The predicted octanol–water partition coefficient (Wildman–Crippen LogP) is 2.04.